The van der Waals surface area contributed by atoms with Gasteiger partial charge in [-0.2, -0.15) is 0 Å². The van der Waals surface area contributed by atoms with Crippen LogP contribution >= 0.6 is 11.3 Å². The van der Waals surface area contributed by atoms with Crippen molar-refractivity contribution in [2.45, 2.75) is 25.5 Å². The Hall–Kier alpha value is -3.61. The minimum Gasteiger partial charge on any atom is -0.480 e. The van der Waals surface area contributed by atoms with Gasteiger partial charge in [0.1, 0.15) is 5.75 Å². The first-order valence-electron chi connectivity index (χ1n) is 12.4. The van der Waals surface area contributed by atoms with Crippen LogP contribution in [0, 0.1) is 12.8 Å². The number of sulfonamides is 1. The van der Waals surface area contributed by atoms with Crippen LogP contribution in [0.4, 0.5) is 11.4 Å². The number of benzene rings is 2. The molecule has 5 N–H and O–H groups in total. The lowest BCUT2D eigenvalue weighted by Crippen LogP contribution is -2.40. The number of ether oxygens (including phenoxy) is 1. The van der Waals surface area contributed by atoms with Crippen LogP contribution in [-0.2, 0) is 20.6 Å². The molecular formula is C27H31N3O7S2. The van der Waals surface area contributed by atoms with E-state index in [9.17, 15) is 23.1 Å². The summed E-state index contributed by atoms with van der Waals surface area (Å²) in [7, 11) is -3.46. The van der Waals surface area contributed by atoms with Crippen LogP contribution in [0.15, 0.2) is 48.5 Å². The molecule has 12 heteroatoms. The van der Waals surface area contributed by atoms with E-state index in [0.29, 0.717) is 47.2 Å². The van der Waals surface area contributed by atoms with Crippen LogP contribution in [-0.4, -0.2) is 61.1 Å². The van der Waals surface area contributed by atoms with Crippen molar-refractivity contribution in [3.05, 3.63) is 64.5 Å². The number of carboxylic acids is 2. The molecule has 1 aromatic heterocycles. The molecule has 2 heterocycles. The van der Waals surface area contributed by atoms with Gasteiger partial charge in [0, 0.05) is 41.4 Å². The molecule has 0 atom stereocenters. The second-order valence-electron chi connectivity index (χ2n) is 9.46. The van der Waals surface area contributed by atoms with Crippen molar-refractivity contribution < 1.29 is 33.0 Å². The molecule has 0 spiro atoms. The molecular weight excluding hydrogens is 542 g/mol. The van der Waals surface area contributed by atoms with Crippen LogP contribution in [0.2, 0.25) is 0 Å². The van der Waals surface area contributed by atoms with Gasteiger partial charge in [-0.15, -0.1) is 11.3 Å². The fraction of sp³-hybridized carbons (Fsp3) is 0.333. The van der Waals surface area contributed by atoms with Gasteiger partial charge in [-0.05, 0) is 55.0 Å². The van der Waals surface area contributed by atoms with Crippen LogP contribution in [0.3, 0.4) is 0 Å². The zero-order valence-electron chi connectivity index (χ0n) is 21.4. The molecule has 0 bridgehead atoms. The Morgan fingerprint density at radius 1 is 1.13 bits per heavy atom. The van der Waals surface area contributed by atoms with E-state index in [-0.39, 0.29) is 16.4 Å². The maximum Gasteiger partial charge on any atom is 0.349 e. The van der Waals surface area contributed by atoms with Crippen LogP contribution in [0.5, 0.6) is 5.75 Å². The topological polar surface area (TPSA) is 159 Å². The highest BCUT2D eigenvalue weighted by Gasteiger charge is 2.29. The largest absolute Gasteiger partial charge is 0.480 e. The Morgan fingerprint density at radius 2 is 1.85 bits per heavy atom. The number of anilines is 2. The van der Waals surface area contributed by atoms with Crippen molar-refractivity contribution in [1.82, 2.24) is 4.31 Å². The van der Waals surface area contributed by atoms with E-state index in [4.69, 9.17) is 15.6 Å². The fourth-order valence-corrected chi connectivity index (χ4v) is 7.29. The lowest BCUT2D eigenvalue weighted by Gasteiger charge is -2.31. The first-order valence-corrected chi connectivity index (χ1v) is 14.8. The Balaban J connectivity index is 1.37. The molecule has 0 aliphatic carbocycles. The number of piperidine rings is 1. The van der Waals surface area contributed by atoms with Gasteiger partial charge in [-0.3, -0.25) is 0 Å². The van der Waals surface area contributed by atoms with Crippen LogP contribution in [0.25, 0.3) is 10.4 Å². The quantitative estimate of drug-likeness (QED) is 0.247. The van der Waals surface area contributed by atoms with Crippen molar-refractivity contribution in [3.8, 4) is 16.2 Å². The van der Waals surface area contributed by atoms with Gasteiger partial charge in [0.05, 0.1) is 5.75 Å². The SMILES string of the molecule is Cc1c(-c2cccc(NCC3CCN(S(=O)(=O)Cc4ccccc4N)CC3)c2)sc(C(=O)O)c1OCC(=O)O. The zero-order valence-corrected chi connectivity index (χ0v) is 23.1. The number of thiophene rings is 1. The van der Waals surface area contributed by atoms with Gasteiger partial charge in [0.25, 0.3) is 0 Å². The number of aromatic carboxylic acids is 1. The number of carbonyl (C=O) groups is 2. The summed E-state index contributed by atoms with van der Waals surface area (Å²) in [5.41, 5.74) is 9.22. The van der Waals surface area contributed by atoms with E-state index < -0.39 is 28.6 Å². The summed E-state index contributed by atoms with van der Waals surface area (Å²) in [6.45, 7) is 2.66. The summed E-state index contributed by atoms with van der Waals surface area (Å²) in [4.78, 5) is 23.3. The maximum atomic E-state index is 12.9. The number of nitrogens with zero attached hydrogens (tertiary/aromatic N) is 1. The highest BCUT2D eigenvalue weighted by molar-refractivity contribution is 7.88. The van der Waals surface area contributed by atoms with Crippen molar-refractivity contribution >= 4 is 44.7 Å². The molecule has 1 aliphatic heterocycles. The summed E-state index contributed by atoms with van der Waals surface area (Å²) >= 11 is 1.04. The molecule has 1 fully saturated rings. The molecule has 4 rings (SSSR count). The monoisotopic (exact) mass is 573 g/mol. The second-order valence-corrected chi connectivity index (χ2v) is 12.5. The lowest BCUT2D eigenvalue weighted by molar-refractivity contribution is -0.139. The van der Waals surface area contributed by atoms with Gasteiger partial charge in [-0.1, -0.05) is 30.3 Å². The van der Waals surface area contributed by atoms with E-state index in [1.165, 1.54) is 0 Å². The molecule has 39 heavy (non-hydrogen) atoms. The zero-order chi connectivity index (χ0) is 28.2. The summed E-state index contributed by atoms with van der Waals surface area (Å²) in [6.07, 6.45) is 1.46. The van der Waals surface area contributed by atoms with Crippen molar-refractivity contribution in [1.29, 1.82) is 0 Å². The molecule has 0 saturated carbocycles. The van der Waals surface area contributed by atoms with E-state index in [1.54, 1.807) is 35.5 Å². The number of para-hydroxylation sites is 1. The first kappa shape index (κ1) is 28.4. The lowest BCUT2D eigenvalue weighted by atomic mass is 9.98. The summed E-state index contributed by atoms with van der Waals surface area (Å²) < 4.78 is 32.7. The second kappa shape index (κ2) is 12.1. The van der Waals surface area contributed by atoms with Gasteiger partial charge in [0.2, 0.25) is 10.0 Å². The van der Waals surface area contributed by atoms with E-state index >= 15 is 0 Å². The third-order valence-electron chi connectivity index (χ3n) is 6.71. The minimum absolute atomic E-state index is 0.0428. The fourth-order valence-electron chi connectivity index (χ4n) is 4.60. The maximum absolute atomic E-state index is 12.9. The molecule has 10 nitrogen and oxygen atoms in total. The molecule has 3 aromatic rings. The Bertz CT molecular complexity index is 1460. The summed E-state index contributed by atoms with van der Waals surface area (Å²) in [5, 5.41) is 21.9. The molecule has 0 radical (unpaired) electrons. The Morgan fingerprint density at radius 3 is 2.51 bits per heavy atom. The number of nitrogens with two attached hydrogens (primary N) is 1. The molecule has 1 aliphatic rings. The number of carboxylic acid groups (broad SMARTS) is 2. The van der Waals surface area contributed by atoms with E-state index in [0.717, 1.165) is 35.4 Å². The number of rotatable bonds is 11. The smallest absolute Gasteiger partial charge is 0.349 e. The highest BCUT2D eigenvalue weighted by Crippen LogP contribution is 2.42. The predicted molar refractivity (Wildman–Crippen MR) is 151 cm³/mol. The summed E-state index contributed by atoms with van der Waals surface area (Å²) in [5.74, 6) is -2.11. The summed E-state index contributed by atoms with van der Waals surface area (Å²) in [6, 6.07) is 14.6. The number of aliphatic carboxylic acids is 1. The van der Waals surface area contributed by atoms with E-state index in [1.807, 2.05) is 24.3 Å². The molecule has 208 valence electrons. The molecule has 0 amide bonds. The van der Waals surface area contributed by atoms with Crippen LogP contribution < -0.4 is 15.8 Å². The Labute approximate surface area is 231 Å². The average molecular weight is 574 g/mol. The van der Waals surface area contributed by atoms with Crippen LogP contribution in [0.1, 0.15) is 33.6 Å². The number of nitrogens with one attached hydrogen (secondary N) is 1. The number of nitrogen functional groups attached to an aromatic ring is 1. The Kier molecular flexibility index (Phi) is 8.78. The van der Waals surface area contributed by atoms with Crippen molar-refractivity contribution in [3.63, 3.8) is 0 Å². The minimum atomic E-state index is -3.46. The van der Waals surface area contributed by atoms with Crippen molar-refractivity contribution in [2.75, 3.05) is 37.3 Å². The molecule has 0 unspecified atom stereocenters. The van der Waals surface area contributed by atoms with Gasteiger partial charge in [-0.25, -0.2) is 22.3 Å². The number of hydrogen-bond acceptors (Lipinski definition) is 8. The normalized spacial score (nSPS) is 14.7. The van der Waals surface area contributed by atoms with Crippen molar-refractivity contribution in [2.24, 2.45) is 5.92 Å². The third-order valence-corrected chi connectivity index (χ3v) is 9.84. The third kappa shape index (κ3) is 6.88. The first-order chi connectivity index (χ1) is 18.5. The number of hydrogen-bond donors (Lipinski definition) is 4. The van der Waals surface area contributed by atoms with E-state index in [2.05, 4.69) is 5.32 Å². The standard InChI is InChI=1S/C27H31N3O7S2/c1-17-24(37-15-23(31)32)26(27(33)34)38-25(17)19-6-4-7-21(13-19)29-14-18-9-11-30(12-10-18)39(35,36)16-20-5-2-3-8-22(20)28/h2-8,13,18,29H,9-12,14-16,28H2,1H3,(H,31,32)(H,33,34). The molecule has 1 saturated heterocycles. The van der Waals surface area contributed by atoms with Gasteiger partial charge < -0.3 is 26.0 Å². The highest BCUT2D eigenvalue weighted by atomic mass is 32.2. The molecule has 2 aromatic carbocycles. The van der Waals surface area contributed by atoms with Gasteiger partial charge >= 0.3 is 11.9 Å². The van der Waals surface area contributed by atoms with Gasteiger partial charge in [0.15, 0.2) is 11.5 Å². The average Bonchev–Trinajstić information content (AvgIpc) is 3.24. The predicted octanol–water partition coefficient (Wildman–Crippen LogP) is 4.12.